The third kappa shape index (κ3) is 3.28. The summed E-state index contributed by atoms with van der Waals surface area (Å²) in [5, 5.41) is 10.2. The van der Waals surface area contributed by atoms with E-state index in [2.05, 4.69) is 0 Å². The van der Waals surface area contributed by atoms with E-state index in [1.165, 1.54) is 6.07 Å². The van der Waals surface area contributed by atoms with E-state index < -0.39 is 23.7 Å². The number of aliphatic hydroxyl groups excluding tert-OH is 1. The van der Waals surface area contributed by atoms with Gasteiger partial charge in [-0.15, -0.1) is 0 Å². The molecule has 0 aromatic heterocycles. The van der Waals surface area contributed by atoms with Crippen LogP contribution in [-0.4, -0.2) is 5.11 Å². The molecule has 0 bridgehead atoms. The van der Waals surface area contributed by atoms with E-state index in [-0.39, 0.29) is 21.8 Å². The molecule has 0 spiro atoms. The third-order valence-electron chi connectivity index (χ3n) is 2.96. The maximum atomic E-state index is 13.2. The van der Waals surface area contributed by atoms with Gasteiger partial charge in [-0.05, 0) is 36.4 Å². The molecule has 2 rings (SSSR count). The lowest BCUT2D eigenvalue weighted by Crippen LogP contribution is -2.10. The molecule has 0 radical (unpaired) electrons. The third-order valence-corrected chi connectivity index (χ3v) is 3.31. The first-order chi connectivity index (χ1) is 9.70. The molecule has 0 heterocycles. The molecule has 0 aliphatic heterocycles. The van der Waals surface area contributed by atoms with Gasteiger partial charge in [-0.25, -0.2) is 4.39 Å². The standard InChI is InChI=1S/C14H10ClF4NO/c15-11-3-2-8(16)6-9(11)13(21)10-5-7(14(17,18)19)1-4-12(10)20/h1-6,13,21H,20H2. The molecule has 7 heteroatoms. The van der Waals surface area contributed by atoms with Crippen molar-refractivity contribution in [2.45, 2.75) is 12.3 Å². The number of benzene rings is 2. The average Bonchev–Trinajstić information content (AvgIpc) is 2.40. The largest absolute Gasteiger partial charge is 0.416 e. The molecule has 1 atom stereocenters. The van der Waals surface area contributed by atoms with Crippen LogP contribution in [0.1, 0.15) is 22.8 Å². The Labute approximate surface area is 122 Å². The fraction of sp³-hybridized carbons (Fsp3) is 0.143. The molecule has 0 amide bonds. The summed E-state index contributed by atoms with van der Waals surface area (Å²) in [6.45, 7) is 0. The first-order valence-electron chi connectivity index (χ1n) is 5.80. The van der Waals surface area contributed by atoms with Crippen molar-refractivity contribution in [3.05, 3.63) is 63.9 Å². The van der Waals surface area contributed by atoms with Crippen molar-refractivity contribution in [2.75, 3.05) is 5.73 Å². The number of anilines is 1. The highest BCUT2D eigenvalue weighted by Crippen LogP contribution is 2.36. The second-order valence-corrected chi connectivity index (χ2v) is 4.82. The quantitative estimate of drug-likeness (QED) is 0.645. The number of nitrogens with two attached hydrogens (primary N) is 1. The maximum Gasteiger partial charge on any atom is 0.416 e. The molecule has 2 aromatic rings. The van der Waals surface area contributed by atoms with Gasteiger partial charge in [0.05, 0.1) is 5.56 Å². The number of halogens is 5. The Balaban J connectivity index is 2.52. The van der Waals surface area contributed by atoms with Crippen molar-refractivity contribution in [3.63, 3.8) is 0 Å². The van der Waals surface area contributed by atoms with Crippen LogP contribution in [0.2, 0.25) is 5.02 Å². The zero-order valence-electron chi connectivity index (χ0n) is 10.5. The summed E-state index contributed by atoms with van der Waals surface area (Å²) in [7, 11) is 0. The topological polar surface area (TPSA) is 46.2 Å². The van der Waals surface area contributed by atoms with Gasteiger partial charge in [0.25, 0.3) is 0 Å². The summed E-state index contributed by atoms with van der Waals surface area (Å²) < 4.78 is 51.3. The Morgan fingerprint density at radius 1 is 1.05 bits per heavy atom. The molecule has 0 saturated carbocycles. The van der Waals surface area contributed by atoms with Gasteiger partial charge in [0.1, 0.15) is 11.9 Å². The van der Waals surface area contributed by atoms with Crippen LogP contribution in [0.25, 0.3) is 0 Å². The van der Waals surface area contributed by atoms with Gasteiger partial charge < -0.3 is 10.8 Å². The number of hydrogen-bond acceptors (Lipinski definition) is 2. The van der Waals surface area contributed by atoms with Crippen molar-refractivity contribution in [1.29, 1.82) is 0 Å². The molecule has 0 fully saturated rings. The molecule has 0 aliphatic rings. The van der Waals surface area contributed by atoms with Gasteiger partial charge >= 0.3 is 6.18 Å². The van der Waals surface area contributed by atoms with Crippen molar-refractivity contribution in [1.82, 2.24) is 0 Å². The van der Waals surface area contributed by atoms with Crippen LogP contribution in [0, 0.1) is 5.82 Å². The lowest BCUT2D eigenvalue weighted by molar-refractivity contribution is -0.137. The summed E-state index contributed by atoms with van der Waals surface area (Å²) in [4.78, 5) is 0. The van der Waals surface area contributed by atoms with Crippen LogP contribution < -0.4 is 5.73 Å². The van der Waals surface area contributed by atoms with E-state index in [9.17, 15) is 22.7 Å². The van der Waals surface area contributed by atoms with E-state index in [4.69, 9.17) is 17.3 Å². The smallest absolute Gasteiger partial charge is 0.398 e. The molecule has 2 nitrogen and oxygen atoms in total. The number of rotatable bonds is 2. The van der Waals surface area contributed by atoms with Crippen molar-refractivity contribution in [3.8, 4) is 0 Å². The maximum absolute atomic E-state index is 13.2. The second-order valence-electron chi connectivity index (χ2n) is 4.41. The highest BCUT2D eigenvalue weighted by atomic mass is 35.5. The van der Waals surface area contributed by atoms with Gasteiger partial charge in [0.2, 0.25) is 0 Å². The monoisotopic (exact) mass is 319 g/mol. The van der Waals surface area contributed by atoms with E-state index in [1.807, 2.05) is 0 Å². The van der Waals surface area contributed by atoms with Crippen molar-refractivity contribution in [2.24, 2.45) is 0 Å². The van der Waals surface area contributed by atoms with Crippen LogP contribution in [0.4, 0.5) is 23.2 Å². The SMILES string of the molecule is Nc1ccc(C(F)(F)F)cc1C(O)c1cc(F)ccc1Cl. The van der Waals surface area contributed by atoms with E-state index in [1.54, 1.807) is 0 Å². The lowest BCUT2D eigenvalue weighted by Gasteiger charge is -2.17. The van der Waals surface area contributed by atoms with Crippen LogP contribution in [0.15, 0.2) is 36.4 Å². The predicted octanol–water partition coefficient (Wildman–Crippen LogP) is 4.16. The lowest BCUT2D eigenvalue weighted by atomic mass is 9.97. The van der Waals surface area contributed by atoms with Gasteiger partial charge in [0.15, 0.2) is 0 Å². The van der Waals surface area contributed by atoms with E-state index in [0.717, 1.165) is 30.3 Å². The summed E-state index contributed by atoms with van der Waals surface area (Å²) in [6, 6.07) is 5.80. The molecule has 112 valence electrons. The summed E-state index contributed by atoms with van der Waals surface area (Å²) in [6.07, 6.45) is -6.14. The molecule has 3 N–H and O–H groups in total. The Morgan fingerprint density at radius 2 is 1.71 bits per heavy atom. The van der Waals surface area contributed by atoms with Crippen molar-refractivity contribution >= 4 is 17.3 Å². The molecule has 2 aromatic carbocycles. The number of aliphatic hydroxyl groups is 1. The summed E-state index contributed by atoms with van der Waals surface area (Å²) in [5.74, 6) is -0.668. The number of hydrogen-bond donors (Lipinski definition) is 2. The molecule has 1 unspecified atom stereocenters. The first-order valence-corrected chi connectivity index (χ1v) is 6.17. The van der Waals surface area contributed by atoms with Gasteiger partial charge in [0, 0.05) is 21.8 Å². The molecule has 21 heavy (non-hydrogen) atoms. The Morgan fingerprint density at radius 3 is 2.33 bits per heavy atom. The molecule has 0 aliphatic carbocycles. The van der Waals surface area contributed by atoms with Crippen LogP contribution >= 0.6 is 11.6 Å². The van der Waals surface area contributed by atoms with E-state index >= 15 is 0 Å². The summed E-state index contributed by atoms with van der Waals surface area (Å²) >= 11 is 5.83. The fourth-order valence-corrected chi connectivity index (χ4v) is 2.10. The molecule has 0 saturated heterocycles. The summed E-state index contributed by atoms with van der Waals surface area (Å²) in [5.41, 5.74) is 4.35. The normalized spacial score (nSPS) is 13.2. The average molecular weight is 320 g/mol. The Kier molecular flexibility index (Phi) is 4.11. The second kappa shape index (κ2) is 5.54. The van der Waals surface area contributed by atoms with Crippen molar-refractivity contribution < 1.29 is 22.7 Å². The Hall–Kier alpha value is -1.79. The predicted molar refractivity (Wildman–Crippen MR) is 71.3 cm³/mol. The molecular weight excluding hydrogens is 310 g/mol. The minimum Gasteiger partial charge on any atom is -0.398 e. The Bertz CT molecular complexity index is 673. The number of alkyl halides is 3. The van der Waals surface area contributed by atoms with Crippen LogP contribution in [0.3, 0.4) is 0 Å². The van der Waals surface area contributed by atoms with Gasteiger partial charge in [-0.1, -0.05) is 11.6 Å². The zero-order valence-corrected chi connectivity index (χ0v) is 11.2. The fourth-order valence-electron chi connectivity index (χ4n) is 1.88. The minimum absolute atomic E-state index is 0.0284. The van der Waals surface area contributed by atoms with Crippen LogP contribution in [0.5, 0.6) is 0 Å². The highest BCUT2D eigenvalue weighted by Gasteiger charge is 2.32. The van der Waals surface area contributed by atoms with Gasteiger partial charge in [-0.3, -0.25) is 0 Å². The van der Waals surface area contributed by atoms with Crippen LogP contribution in [-0.2, 0) is 6.18 Å². The van der Waals surface area contributed by atoms with E-state index in [0.29, 0.717) is 0 Å². The first kappa shape index (κ1) is 15.6. The number of nitrogen functional groups attached to an aromatic ring is 1. The highest BCUT2D eigenvalue weighted by molar-refractivity contribution is 6.31. The molecular formula is C14H10ClF4NO. The van der Waals surface area contributed by atoms with Gasteiger partial charge in [-0.2, -0.15) is 13.2 Å². The minimum atomic E-state index is -4.58. The zero-order chi connectivity index (χ0) is 15.8.